The first-order valence-electron chi connectivity index (χ1n) is 3.90. The molecule has 0 atom stereocenters. The highest BCUT2D eigenvalue weighted by Crippen LogP contribution is 2.22. The Balaban J connectivity index is 2.66. The van der Waals surface area contributed by atoms with E-state index in [2.05, 4.69) is 27.0 Å². The maximum absolute atomic E-state index is 8.53. The maximum Gasteiger partial charge on any atom is 0.151 e. The van der Waals surface area contributed by atoms with Gasteiger partial charge in [-0.2, -0.15) is 5.26 Å². The molecule has 0 saturated heterocycles. The molecule has 5 heteroatoms. The quantitative estimate of drug-likeness (QED) is 0.799. The Morgan fingerprint density at radius 2 is 2.36 bits per heavy atom. The second-order valence-corrected chi connectivity index (χ2v) is 4.10. The van der Waals surface area contributed by atoms with Gasteiger partial charge in [-0.1, -0.05) is 11.6 Å². The van der Waals surface area contributed by atoms with Crippen LogP contribution in [0.15, 0.2) is 22.9 Å². The van der Waals surface area contributed by atoms with Crippen LogP contribution in [0.25, 0.3) is 5.65 Å². The topological polar surface area (TPSA) is 41.1 Å². The third kappa shape index (κ3) is 1.61. The van der Waals surface area contributed by atoms with E-state index >= 15 is 0 Å². The smallest absolute Gasteiger partial charge is 0.151 e. The van der Waals surface area contributed by atoms with Crippen LogP contribution in [-0.2, 0) is 6.42 Å². The Labute approximate surface area is 94.1 Å². The van der Waals surface area contributed by atoms with E-state index < -0.39 is 0 Å². The molecule has 0 aliphatic heterocycles. The molecule has 0 aliphatic carbocycles. The van der Waals surface area contributed by atoms with Crippen molar-refractivity contribution < 1.29 is 0 Å². The average Bonchev–Trinajstić information content (AvgIpc) is 2.48. The van der Waals surface area contributed by atoms with Gasteiger partial charge in [-0.3, -0.25) is 0 Å². The molecule has 0 spiro atoms. The zero-order valence-electron chi connectivity index (χ0n) is 7.04. The number of imidazole rings is 1. The van der Waals surface area contributed by atoms with E-state index in [4.69, 9.17) is 16.9 Å². The van der Waals surface area contributed by atoms with Gasteiger partial charge < -0.3 is 4.40 Å². The predicted molar refractivity (Wildman–Crippen MR) is 57.2 cm³/mol. The fourth-order valence-corrected chi connectivity index (χ4v) is 2.13. The Kier molecular flexibility index (Phi) is 2.44. The fraction of sp³-hybridized carbons (Fsp3) is 0.111. The number of nitriles is 1. The van der Waals surface area contributed by atoms with E-state index in [0.29, 0.717) is 11.4 Å². The summed E-state index contributed by atoms with van der Waals surface area (Å²) in [5, 5.41) is 9.16. The monoisotopic (exact) mass is 269 g/mol. The summed E-state index contributed by atoms with van der Waals surface area (Å²) in [6.45, 7) is 0. The van der Waals surface area contributed by atoms with Gasteiger partial charge in [0.1, 0.15) is 0 Å². The maximum atomic E-state index is 8.53. The highest BCUT2D eigenvalue weighted by atomic mass is 79.9. The SMILES string of the molecule is N#CCc1cn2cc(Cl)cc(Br)c2n1. The fourth-order valence-electron chi connectivity index (χ4n) is 1.24. The molecular weight excluding hydrogens is 265 g/mol. The predicted octanol–water partition coefficient (Wildman–Crippen LogP) is 2.82. The Morgan fingerprint density at radius 3 is 3.07 bits per heavy atom. The van der Waals surface area contributed by atoms with Gasteiger partial charge in [0.15, 0.2) is 5.65 Å². The second kappa shape index (κ2) is 3.60. The van der Waals surface area contributed by atoms with Crippen molar-refractivity contribution >= 4 is 33.2 Å². The summed E-state index contributed by atoms with van der Waals surface area (Å²) in [7, 11) is 0. The van der Waals surface area contributed by atoms with Gasteiger partial charge in [-0.05, 0) is 22.0 Å². The number of halogens is 2. The zero-order valence-corrected chi connectivity index (χ0v) is 9.38. The van der Waals surface area contributed by atoms with Crippen molar-refractivity contribution in [1.29, 1.82) is 5.26 Å². The molecule has 2 rings (SSSR count). The lowest BCUT2D eigenvalue weighted by Crippen LogP contribution is -1.83. The third-order valence-corrected chi connectivity index (χ3v) is 2.57. The van der Waals surface area contributed by atoms with Crippen LogP contribution in [0.3, 0.4) is 0 Å². The van der Waals surface area contributed by atoms with Crippen molar-refractivity contribution in [1.82, 2.24) is 9.38 Å². The number of rotatable bonds is 1. The van der Waals surface area contributed by atoms with Crippen molar-refractivity contribution in [3.63, 3.8) is 0 Å². The Morgan fingerprint density at radius 1 is 1.57 bits per heavy atom. The molecule has 0 radical (unpaired) electrons. The minimum absolute atomic E-state index is 0.311. The molecule has 0 saturated carbocycles. The average molecular weight is 271 g/mol. The van der Waals surface area contributed by atoms with Gasteiger partial charge in [0.2, 0.25) is 0 Å². The van der Waals surface area contributed by atoms with Crippen LogP contribution in [0, 0.1) is 11.3 Å². The molecule has 2 aromatic heterocycles. The molecular formula is C9H5BrClN3. The standard InChI is InChI=1S/C9H5BrClN3/c10-8-3-6(11)4-14-5-7(1-2-12)13-9(8)14/h3-5H,1H2. The van der Waals surface area contributed by atoms with Gasteiger partial charge in [0.05, 0.1) is 27.7 Å². The lowest BCUT2D eigenvalue weighted by Gasteiger charge is -1.96. The van der Waals surface area contributed by atoms with E-state index in [1.807, 2.05) is 0 Å². The minimum Gasteiger partial charge on any atom is -0.304 e. The van der Waals surface area contributed by atoms with Gasteiger partial charge in [0, 0.05) is 12.4 Å². The van der Waals surface area contributed by atoms with Crippen molar-refractivity contribution in [2.24, 2.45) is 0 Å². The van der Waals surface area contributed by atoms with Gasteiger partial charge in [-0.25, -0.2) is 4.98 Å². The molecule has 0 unspecified atom stereocenters. The van der Waals surface area contributed by atoms with Crippen molar-refractivity contribution in [3.05, 3.63) is 33.6 Å². The number of nitrogens with zero attached hydrogens (tertiary/aromatic N) is 3. The summed E-state index contributed by atoms with van der Waals surface area (Å²) in [6, 6.07) is 3.83. The Bertz CT molecular complexity index is 527. The first-order valence-corrected chi connectivity index (χ1v) is 5.07. The largest absolute Gasteiger partial charge is 0.304 e. The zero-order chi connectivity index (χ0) is 10.1. The second-order valence-electron chi connectivity index (χ2n) is 2.80. The first kappa shape index (κ1) is 9.50. The molecule has 0 bridgehead atoms. The van der Waals surface area contributed by atoms with Crippen LogP contribution >= 0.6 is 27.5 Å². The summed E-state index contributed by atoms with van der Waals surface area (Å²) in [4.78, 5) is 4.28. The van der Waals surface area contributed by atoms with Gasteiger partial charge in [0.25, 0.3) is 0 Å². The van der Waals surface area contributed by atoms with Crippen LogP contribution < -0.4 is 0 Å². The van der Waals surface area contributed by atoms with Crippen LogP contribution in [0.2, 0.25) is 5.02 Å². The van der Waals surface area contributed by atoms with E-state index in [1.165, 1.54) is 0 Å². The molecule has 0 amide bonds. The number of fused-ring (bicyclic) bond motifs is 1. The Hall–Kier alpha value is -1.05. The molecule has 14 heavy (non-hydrogen) atoms. The summed E-state index contributed by atoms with van der Waals surface area (Å²) in [6.07, 6.45) is 3.87. The summed E-state index contributed by atoms with van der Waals surface area (Å²) in [5.74, 6) is 0. The van der Waals surface area contributed by atoms with E-state index in [-0.39, 0.29) is 0 Å². The first-order chi connectivity index (χ1) is 6.70. The molecule has 0 aromatic carbocycles. The lowest BCUT2D eigenvalue weighted by molar-refractivity contribution is 1.16. The summed E-state index contributed by atoms with van der Waals surface area (Å²) < 4.78 is 2.63. The van der Waals surface area contributed by atoms with Crippen LogP contribution in [0.4, 0.5) is 0 Å². The third-order valence-electron chi connectivity index (χ3n) is 1.78. The molecule has 0 N–H and O–H groups in total. The molecule has 2 aromatic rings. The molecule has 3 nitrogen and oxygen atoms in total. The lowest BCUT2D eigenvalue weighted by atomic mass is 10.4. The number of hydrogen-bond donors (Lipinski definition) is 0. The highest BCUT2D eigenvalue weighted by molar-refractivity contribution is 9.10. The summed E-state index contributed by atoms with van der Waals surface area (Å²) in [5.41, 5.74) is 1.52. The molecule has 0 fully saturated rings. The summed E-state index contributed by atoms with van der Waals surface area (Å²) >= 11 is 9.23. The van der Waals surface area contributed by atoms with Crippen LogP contribution in [0.1, 0.15) is 5.69 Å². The normalized spacial score (nSPS) is 10.4. The van der Waals surface area contributed by atoms with E-state index in [1.54, 1.807) is 22.9 Å². The van der Waals surface area contributed by atoms with Crippen molar-refractivity contribution in [2.45, 2.75) is 6.42 Å². The van der Waals surface area contributed by atoms with E-state index in [0.717, 1.165) is 15.8 Å². The number of aromatic nitrogens is 2. The number of pyridine rings is 1. The van der Waals surface area contributed by atoms with E-state index in [9.17, 15) is 0 Å². The van der Waals surface area contributed by atoms with Crippen molar-refractivity contribution in [3.8, 4) is 6.07 Å². The molecule has 70 valence electrons. The minimum atomic E-state index is 0.311. The van der Waals surface area contributed by atoms with Crippen LogP contribution in [-0.4, -0.2) is 9.38 Å². The number of hydrogen-bond acceptors (Lipinski definition) is 2. The van der Waals surface area contributed by atoms with Gasteiger partial charge in [-0.15, -0.1) is 0 Å². The van der Waals surface area contributed by atoms with Gasteiger partial charge >= 0.3 is 0 Å². The molecule has 2 heterocycles. The molecule has 0 aliphatic rings. The van der Waals surface area contributed by atoms with Crippen molar-refractivity contribution in [2.75, 3.05) is 0 Å². The van der Waals surface area contributed by atoms with Crippen LogP contribution in [0.5, 0.6) is 0 Å². The highest BCUT2D eigenvalue weighted by Gasteiger charge is 2.05.